The number of benzene rings is 3. The number of rotatable bonds is 8. The first-order valence-electron chi connectivity index (χ1n) is 10.3. The highest BCUT2D eigenvalue weighted by atomic mass is 32.2. The predicted molar refractivity (Wildman–Crippen MR) is 131 cm³/mol. The summed E-state index contributed by atoms with van der Waals surface area (Å²) in [5, 5.41) is 29.0. The fraction of sp³-hybridized carbons (Fsp3) is 0.0435. The van der Waals surface area contributed by atoms with Gasteiger partial charge in [-0.15, -0.1) is 5.10 Å². The maximum atomic E-state index is 13.2. The van der Waals surface area contributed by atoms with Gasteiger partial charge in [-0.25, -0.2) is 4.98 Å². The molecule has 0 fully saturated rings. The van der Waals surface area contributed by atoms with Crippen molar-refractivity contribution in [2.75, 3.05) is 11.1 Å². The largest absolute Gasteiger partial charge is 0.325 e. The number of nitro groups is 2. The normalized spacial score (nSPS) is 10.6. The third-order valence-corrected chi connectivity index (χ3v) is 5.71. The van der Waals surface area contributed by atoms with E-state index in [-0.39, 0.29) is 39.4 Å². The molecule has 0 saturated heterocycles. The fourth-order valence-corrected chi connectivity index (χ4v) is 3.86. The van der Waals surface area contributed by atoms with Crippen LogP contribution in [0.1, 0.15) is 10.4 Å². The van der Waals surface area contributed by atoms with Crippen molar-refractivity contribution in [2.45, 2.75) is 5.16 Å². The molecular weight excluding hydrogens is 488 g/mol. The van der Waals surface area contributed by atoms with Crippen molar-refractivity contribution in [3.63, 3.8) is 0 Å². The van der Waals surface area contributed by atoms with E-state index in [4.69, 9.17) is 0 Å². The van der Waals surface area contributed by atoms with E-state index in [1.54, 1.807) is 24.3 Å². The van der Waals surface area contributed by atoms with Crippen LogP contribution >= 0.6 is 11.8 Å². The zero-order valence-electron chi connectivity index (χ0n) is 18.3. The topological polar surface area (TPSA) is 163 Å². The molecular formula is C23H16N6O6S. The van der Waals surface area contributed by atoms with E-state index in [2.05, 4.69) is 15.4 Å². The van der Waals surface area contributed by atoms with Crippen LogP contribution in [0.15, 0.2) is 84.0 Å². The summed E-state index contributed by atoms with van der Waals surface area (Å²) in [7, 11) is 0. The van der Waals surface area contributed by atoms with Gasteiger partial charge in [-0.3, -0.25) is 29.8 Å². The van der Waals surface area contributed by atoms with Crippen LogP contribution in [0.4, 0.5) is 17.1 Å². The first kappa shape index (κ1) is 24.2. The van der Waals surface area contributed by atoms with Crippen LogP contribution in [0.3, 0.4) is 0 Å². The lowest BCUT2D eigenvalue weighted by Crippen LogP contribution is -2.17. The van der Waals surface area contributed by atoms with Crippen molar-refractivity contribution in [1.29, 1.82) is 0 Å². The van der Waals surface area contributed by atoms with Crippen molar-refractivity contribution >= 4 is 40.6 Å². The summed E-state index contributed by atoms with van der Waals surface area (Å²) in [6, 6.07) is 19.6. The number of hydrogen-bond donors (Lipinski definition) is 1. The number of aromatic nitrogens is 3. The lowest BCUT2D eigenvalue weighted by molar-refractivity contribution is -0.385. The van der Waals surface area contributed by atoms with Crippen LogP contribution in [0.5, 0.6) is 0 Å². The number of nitrogens with one attached hydrogen (secondary N) is 1. The molecule has 0 radical (unpaired) electrons. The molecule has 0 saturated carbocycles. The lowest BCUT2D eigenvalue weighted by Gasteiger charge is -2.06. The van der Waals surface area contributed by atoms with E-state index >= 15 is 0 Å². The summed E-state index contributed by atoms with van der Waals surface area (Å²) in [6.45, 7) is 0. The maximum Gasteiger partial charge on any atom is 0.280 e. The van der Waals surface area contributed by atoms with Gasteiger partial charge in [0.25, 0.3) is 17.3 Å². The Bertz CT molecular complexity index is 1470. The minimum Gasteiger partial charge on any atom is -0.325 e. The Morgan fingerprint density at radius 3 is 2.25 bits per heavy atom. The van der Waals surface area contributed by atoms with Crippen LogP contribution in [0, 0.1) is 20.2 Å². The van der Waals surface area contributed by atoms with Crippen molar-refractivity contribution in [3.8, 4) is 11.4 Å². The number of carbonyl (C=O) groups is 2. The van der Waals surface area contributed by atoms with Crippen LogP contribution in [-0.2, 0) is 4.79 Å². The molecule has 4 aromatic rings. The number of anilines is 1. The van der Waals surface area contributed by atoms with Gasteiger partial charge in [0.2, 0.25) is 5.91 Å². The molecule has 0 aliphatic rings. The summed E-state index contributed by atoms with van der Waals surface area (Å²) in [5.41, 5.74) is 0.474. The first-order chi connectivity index (χ1) is 17.3. The molecule has 4 rings (SSSR count). The van der Waals surface area contributed by atoms with Crippen molar-refractivity contribution in [3.05, 3.63) is 105 Å². The minimum absolute atomic E-state index is 0.0246. The van der Waals surface area contributed by atoms with Crippen LogP contribution in [0.25, 0.3) is 11.4 Å². The number of thioether (sulfide) groups is 1. The molecule has 180 valence electrons. The number of amides is 1. The fourth-order valence-electron chi connectivity index (χ4n) is 3.13. The Hall–Kier alpha value is -4.91. The predicted octanol–water partition coefficient (Wildman–Crippen LogP) is 4.18. The average Bonchev–Trinajstić information content (AvgIpc) is 3.32. The molecule has 0 unspecified atom stereocenters. The molecule has 3 aromatic carbocycles. The molecule has 13 heteroatoms. The number of carbonyl (C=O) groups excluding carboxylic acids is 2. The van der Waals surface area contributed by atoms with Crippen molar-refractivity contribution in [1.82, 2.24) is 14.8 Å². The quantitative estimate of drug-likeness (QED) is 0.211. The SMILES string of the molecule is O=C(CSc1nc(-c2ccccc2)nn1C(=O)c1cccc([N+](=O)[O-])c1)Nc1cccc([N+](=O)[O-])c1. The number of hydrogen-bond acceptors (Lipinski definition) is 9. The van der Waals surface area contributed by atoms with E-state index in [1.807, 2.05) is 6.07 Å². The van der Waals surface area contributed by atoms with Crippen LogP contribution in [0.2, 0.25) is 0 Å². The molecule has 1 aromatic heterocycles. The molecule has 12 nitrogen and oxygen atoms in total. The smallest absolute Gasteiger partial charge is 0.280 e. The highest BCUT2D eigenvalue weighted by Crippen LogP contribution is 2.24. The number of non-ortho nitro benzene ring substituents is 2. The van der Waals surface area contributed by atoms with Crippen LogP contribution in [-0.4, -0.2) is 42.2 Å². The molecule has 0 bridgehead atoms. The summed E-state index contributed by atoms with van der Waals surface area (Å²) < 4.78 is 0.993. The van der Waals surface area contributed by atoms with Crippen molar-refractivity contribution < 1.29 is 19.4 Å². The highest BCUT2D eigenvalue weighted by molar-refractivity contribution is 7.99. The molecule has 1 amide bonds. The Morgan fingerprint density at radius 1 is 0.889 bits per heavy atom. The van der Waals surface area contributed by atoms with E-state index < -0.39 is 21.7 Å². The number of nitrogens with zero attached hydrogens (tertiary/aromatic N) is 5. The highest BCUT2D eigenvalue weighted by Gasteiger charge is 2.22. The first-order valence-corrected chi connectivity index (χ1v) is 11.3. The van der Waals surface area contributed by atoms with E-state index in [0.717, 1.165) is 22.5 Å². The van der Waals surface area contributed by atoms with Gasteiger partial charge in [-0.05, 0) is 12.1 Å². The average molecular weight is 504 g/mol. The van der Waals surface area contributed by atoms with Crippen LogP contribution < -0.4 is 5.32 Å². The summed E-state index contributed by atoms with van der Waals surface area (Å²) in [5.74, 6) is -1.09. The second-order valence-electron chi connectivity index (χ2n) is 7.25. The second kappa shape index (κ2) is 10.6. The third kappa shape index (κ3) is 5.59. The maximum absolute atomic E-state index is 13.2. The zero-order chi connectivity index (χ0) is 25.7. The molecule has 1 N–H and O–H groups in total. The lowest BCUT2D eigenvalue weighted by atomic mass is 10.2. The van der Waals surface area contributed by atoms with E-state index in [0.29, 0.717) is 5.56 Å². The van der Waals surface area contributed by atoms with Gasteiger partial charge >= 0.3 is 0 Å². The molecule has 0 spiro atoms. The van der Waals surface area contributed by atoms with Gasteiger partial charge in [0.15, 0.2) is 11.0 Å². The zero-order valence-corrected chi connectivity index (χ0v) is 19.1. The van der Waals surface area contributed by atoms with Gasteiger partial charge in [-0.1, -0.05) is 54.2 Å². The Kier molecular flexibility index (Phi) is 7.11. The minimum atomic E-state index is -0.657. The molecule has 0 aliphatic carbocycles. The monoisotopic (exact) mass is 504 g/mol. The van der Waals surface area contributed by atoms with Gasteiger partial charge in [0, 0.05) is 41.1 Å². The van der Waals surface area contributed by atoms with Gasteiger partial charge in [0.05, 0.1) is 15.6 Å². The second-order valence-corrected chi connectivity index (χ2v) is 8.20. The van der Waals surface area contributed by atoms with Gasteiger partial charge in [0.1, 0.15) is 0 Å². The van der Waals surface area contributed by atoms with Crippen molar-refractivity contribution in [2.24, 2.45) is 0 Å². The summed E-state index contributed by atoms with van der Waals surface area (Å²) >= 11 is 0.923. The number of nitro benzene ring substituents is 2. The summed E-state index contributed by atoms with van der Waals surface area (Å²) in [4.78, 5) is 51.0. The van der Waals surface area contributed by atoms with E-state index in [1.165, 1.54) is 42.5 Å². The molecule has 36 heavy (non-hydrogen) atoms. The molecule has 0 atom stereocenters. The Morgan fingerprint density at radius 2 is 1.56 bits per heavy atom. The molecule has 1 heterocycles. The Labute approximate surface area is 207 Å². The standard InChI is InChI=1S/C23H16N6O6S/c30-20(24-17-9-5-11-19(13-17)29(34)35)14-36-23-25-21(15-6-2-1-3-7-15)26-27(23)22(31)16-8-4-10-18(12-16)28(32)33/h1-13H,14H2,(H,24,30). The van der Waals surface area contributed by atoms with Gasteiger partial charge in [-0.2, -0.15) is 4.68 Å². The van der Waals surface area contributed by atoms with Gasteiger partial charge < -0.3 is 5.32 Å². The Balaban J connectivity index is 1.59. The third-order valence-electron chi connectivity index (χ3n) is 4.78. The molecule has 0 aliphatic heterocycles. The summed E-state index contributed by atoms with van der Waals surface area (Å²) in [6.07, 6.45) is 0. The van der Waals surface area contributed by atoms with E-state index in [9.17, 15) is 29.8 Å².